The molecule has 0 unspecified atom stereocenters. The van der Waals surface area contributed by atoms with Crippen molar-refractivity contribution in [1.29, 1.82) is 0 Å². The predicted octanol–water partition coefficient (Wildman–Crippen LogP) is 2.23. The number of fused-ring (bicyclic) bond motifs is 1. The lowest BCUT2D eigenvalue weighted by Crippen LogP contribution is -2.25. The fraction of sp³-hybridized carbons (Fsp3) is 0.267. The molecule has 7 heteroatoms. The largest absolute Gasteiger partial charge is 0.496 e. The zero-order valence-electron chi connectivity index (χ0n) is 12.2. The van der Waals surface area contributed by atoms with E-state index < -0.39 is 17.5 Å². The lowest BCUT2D eigenvalue weighted by Gasteiger charge is -2.20. The van der Waals surface area contributed by atoms with Crippen molar-refractivity contribution in [2.75, 3.05) is 20.8 Å². The van der Waals surface area contributed by atoms with E-state index in [1.807, 2.05) is 0 Å². The maximum Gasteiger partial charge on any atom is 0.342 e. The molecule has 0 saturated carbocycles. The Kier molecular flexibility index (Phi) is 4.51. The number of carbonyl (C=O) groups excluding carboxylic acids is 3. The van der Waals surface area contributed by atoms with E-state index in [4.69, 9.17) is 25.8 Å². The Hall–Kier alpha value is -2.34. The predicted molar refractivity (Wildman–Crippen MR) is 77.9 cm³/mol. The van der Waals surface area contributed by atoms with Gasteiger partial charge in [-0.3, -0.25) is 9.59 Å². The van der Waals surface area contributed by atoms with E-state index in [2.05, 4.69) is 0 Å². The van der Waals surface area contributed by atoms with Crippen LogP contribution in [-0.4, -0.2) is 38.4 Å². The molecule has 0 saturated heterocycles. The number of hydrogen-bond donors (Lipinski definition) is 0. The number of hydrogen-bond acceptors (Lipinski definition) is 6. The topological polar surface area (TPSA) is 78.9 Å². The van der Waals surface area contributed by atoms with Gasteiger partial charge in [0.25, 0.3) is 0 Å². The Morgan fingerprint density at radius 1 is 1.18 bits per heavy atom. The third kappa shape index (κ3) is 2.46. The van der Waals surface area contributed by atoms with E-state index >= 15 is 0 Å². The van der Waals surface area contributed by atoms with Crippen LogP contribution in [0.25, 0.3) is 0 Å². The average Bonchev–Trinajstić information content (AvgIpc) is 2.49. The van der Waals surface area contributed by atoms with Crippen molar-refractivity contribution in [2.45, 2.75) is 6.92 Å². The highest BCUT2D eigenvalue weighted by Crippen LogP contribution is 2.41. The number of Topliss-reactive ketones (excluding diaryl/α,β-unsaturated/α-hetero) is 1. The molecule has 1 aromatic rings. The monoisotopic (exact) mass is 324 g/mol. The molecule has 0 spiro atoms. The van der Waals surface area contributed by atoms with Gasteiger partial charge in [-0.05, 0) is 6.92 Å². The van der Waals surface area contributed by atoms with E-state index in [0.29, 0.717) is 0 Å². The van der Waals surface area contributed by atoms with Crippen LogP contribution in [0.5, 0.6) is 11.5 Å². The molecule has 0 radical (unpaired) electrons. The van der Waals surface area contributed by atoms with Gasteiger partial charge in [-0.2, -0.15) is 0 Å². The van der Waals surface area contributed by atoms with Crippen LogP contribution < -0.4 is 9.47 Å². The molecule has 0 aromatic heterocycles. The number of esters is 1. The van der Waals surface area contributed by atoms with Crippen molar-refractivity contribution < 1.29 is 28.6 Å². The van der Waals surface area contributed by atoms with E-state index in [1.165, 1.54) is 20.3 Å². The summed E-state index contributed by atoms with van der Waals surface area (Å²) >= 11 is 6.03. The Morgan fingerprint density at radius 2 is 1.86 bits per heavy atom. The highest BCUT2D eigenvalue weighted by Gasteiger charge is 2.36. The first kappa shape index (κ1) is 16.0. The fourth-order valence-corrected chi connectivity index (χ4v) is 2.46. The van der Waals surface area contributed by atoms with Gasteiger partial charge in [-0.25, -0.2) is 4.79 Å². The summed E-state index contributed by atoms with van der Waals surface area (Å²) in [6.45, 7) is 1.69. The zero-order chi connectivity index (χ0) is 16.4. The molecular weight excluding hydrogens is 312 g/mol. The lowest BCUT2D eigenvalue weighted by atomic mass is 9.88. The number of allylic oxidation sites excluding steroid dienone is 1. The van der Waals surface area contributed by atoms with Gasteiger partial charge in [-0.15, -0.1) is 0 Å². The Morgan fingerprint density at radius 3 is 2.41 bits per heavy atom. The molecule has 0 fully saturated rings. The first-order valence-corrected chi connectivity index (χ1v) is 6.76. The third-order valence-corrected chi connectivity index (χ3v) is 3.39. The van der Waals surface area contributed by atoms with Gasteiger partial charge in [0.2, 0.25) is 5.78 Å². The third-order valence-electron chi connectivity index (χ3n) is 3.11. The van der Waals surface area contributed by atoms with Crippen LogP contribution in [0.15, 0.2) is 17.7 Å². The minimum Gasteiger partial charge on any atom is -0.496 e. The van der Waals surface area contributed by atoms with Crippen LogP contribution in [0, 0.1) is 0 Å². The van der Waals surface area contributed by atoms with E-state index in [-0.39, 0.29) is 39.8 Å². The van der Waals surface area contributed by atoms with Crippen molar-refractivity contribution in [1.82, 2.24) is 0 Å². The van der Waals surface area contributed by atoms with Crippen molar-refractivity contribution in [3.8, 4) is 11.5 Å². The standard InChI is InChI=1S/C15H13ClO6/c1-4-22-15(19)7-5-9(17)11-12(13(7)18)10(20-2)6-8(16)14(11)21-3/h5-6H,4H2,1-3H3. The van der Waals surface area contributed by atoms with E-state index in [0.717, 1.165) is 6.08 Å². The van der Waals surface area contributed by atoms with Crippen molar-refractivity contribution >= 4 is 29.1 Å². The molecule has 1 aromatic carbocycles. The minimum absolute atomic E-state index is 0.0232. The molecule has 1 aliphatic carbocycles. The molecule has 0 N–H and O–H groups in total. The summed E-state index contributed by atoms with van der Waals surface area (Å²) in [6, 6.07) is 1.36. The summed E-state index contributed by atoms with van der Waals surface area (Å²) in [4.78, 5) is 36.7. The molecule has 0 heterocycles. The lowest BCUT2D eigenvalue weighted by molar-refractivity contribution is -0.138. The summed E-state index contributed by atoms with van der Waals surface area (Å²) in [5.41, 5.74) is -0.425. The smallest absolute Gasteiger partial charge is 0.342 e. The van der Waals surface area contributed by atoms with Crippen molar-refractivity contribution in [3.63, 3.8) is 0 Å². The second kappa shape index (κ2) is 6.19. The first-order valence-electron chi connectivity index (χ1n) is 6.38. The van der Waals surface area contributed by atoms with Crippen molar-refractivity contribution in [2.24, 2.45) is 0 Å². The summed E-state index contributed by atoms with van der Waals surface area (Å²) in [5, 5.41) is 0.132. The summed E-state index contributed by atoms with van der Waals surface area (Å²) in [7, 11) is 2.66. The van der Waals surface area contributed by atoms with Crippen LogP contribution in [0.2, 0.25) is 5.02 Å². The quantitative estimate of drug-likeness (QED) is 0.624. The van der Waals surface area contributed by atoms with Gasteiger partial charge < -0.3 is 14.2 Å². The van der Waals surface area contributed by atoms with Gasteiger partial charge in [0.15, 0.2) is 5.78 Å². The molecule has 6 nitrogen and oxygen atoms in total. The first-order chi connectivity index (χ1) is 10.5. The number of benzene rings is 1. The van der Waals surface area contributed by atoms with E-state index in [9.17, 15) is 14.4 Å². The Bertz CT molecular complexity index is 704. The summed E-state index contributed by atoms with van der Waals surface area (Å²) in [5.74, 6) is -1.94. The zero-order valence-corrected chi connectivity index (χ0v) is 12.9. The maximum atomic E-state index is 12.5. The number of rotatable bonds is 4. The van der Waals surface area contributed by atoms with Gasteiger partial charge in [0.05, 0.1) is 37.0 Å². The normalized spacial score (nSPS) is 13.4. The van der Waals surface area contributed by atoms with Crippen LogP contribution in [-0.2, 0) is 9.53 Å². The Balaban J connectivity index is 2.70. The second-order valence-electron chi connectivity index (χ2n) is 4.32. The minimum atomic E-state index is -0.859. The SMILES string of the molecule is CCOC(=O)C1=CC(=O)c2c(OC)c(Cl)cc(OC)c2C1=O. The highest BCUT2D eigenvalue weighted by molar-refractivity contribution is 6.38. The van der Waals surface area contributed by atoms with Gasteiger partial charge in [-0.1, -0.05) is 11.6 Å². The number of ether oxygens (including phenoxy) is 3. The van der Waals surface area contributed by atoms with Crippen LogP contribution in [0.1, 0.15) is 27.6 Å². The highest BCUT2D eigenvalue weighted by atomic mass is 35.5. The summed E-state index contributed by atoms with van der Waals surface area (Å²) < 4.78 is 15.0. The number of carbonyl (C=O) groups is 3. The van der Waals surface area contributed by atoms with Crippen LogP contribution in [0.4, 0.5) is 0 Å². The molecule has 116 valence electrons. The molecule has 0 bridgehead atoms. The number of ketones is 2. The second-order valence-corrected chi connectivity index (χ2v) is 4.72. The average molecular weight is 325 g/mol. The Labute approximate surface area is 131 Å². The molecule has 0 amide bonds. The number of halogens is 1. The molecule has 0 atom stereocenters. The molecule has 2 rings (SSSR count). The van der Waals surface area contributed by atoms with Crippen LogP contribution >= 0.6 is 11.6 Å². The fourth-order valence-electron chi connectivity index (χ4n) is 2.19. The van der Waals surface area contributed by atoms with Crippen LogP contribution in [0.3, 0.4) is 0 Å². The molecule has 0 aliphatic heterocycles. The van der Waals surface area contributed by atoms with E-state index in [1.54, 1.807) is 6.92 Å². The summed E-state index contributed by atoms with van der Waals surface area (Å²) in [6.07, 6.45) is 0.931. The van der Waals surface area contributed by atoms with Gasteiger partial charge in [0.1, 0.15) is 17.1 Å². The number of methoxy groups -OCH3 is 2. The molecule has 22 heavy (non-hydrogen) atoms. The molecular formula is C15H13ClO6. The van der Waals surface area contributed by atoms with Gasteiger partial charge in [0, 0.05) is 12.1 Å². The van der Waals surface area contributed by atoms with Gasteiger partial charge >= 0.3 is 5.97 Å². The molecule has 1 aliphatic rings. The van der Waals surface area contributed by atoms with Crippen molar-refractivity contribution in [3.05, 3.63) is 33.9 Å². The maximum absolute atomic E-state index is 12.5.